The Hall–Kier alpha value is -1.07. The molecule has 4 nitrogen and oxygen atoms in total. The first-order chi connectivity index (χ1) is 8.59. The third kappa shape index (κ3) is 5.06. The predicted octanol–water partition coefficient (Wildman–Crippen LogP) is 1.96. The van der Waals surface area contributed by atoms with E-state index in [1.807, 2.05) is 31.2 Å². The zero-order valence-corrected chi connectivity index (χ0v) is 11.8. The number of hydrogen-bond acceptors (Lipinski definition) is 3. The van der Waals surface area contributed by atoms with E-state index >= 15 is 0 Å². The van der Waals surface area contributed by atoms with Crippen molar-refractivity contribution in [3.05, 3.63) is 29.8 Å². The van der Waals surface area contributed by atoms with Gasteiger partial charge in [0.2, 0.25) is 10.0 Å². The molecule has 1 rings (SSSR count). The van der Waals surface area contributed by atoms with Crippen molar-refractivity contribution < 1.29 is 13.2 Å². The van der Waals surface area contributed by atoms with Gasteiger partial charge in [-0.1, -0.05) is 32.0 Å². The molecule has 0 unspecified atom stereocenters. The topological polar surface area (TPSA) is 55.4 Å². The zero-order valence-electron chi connectivity index (χ0n) is 11.0. The monoisotopic (exact) mass is 271 g/mol. The summed E-state index contributed by atoms with van der Waals surface area (Å²) in [6.45, 7) is 4.56. The third-order valence-electron chi connectivity index (χ3n) is 2.51. The number of ether oxygens (including phenoxy) is 1. The second-order valence-corrected chi connectivity index (χ2v) is 5.95. The van der Waals surface area contributed by atoms with Gasteiger partial charge >= 0.3 is 0 Å². The van der Waals surface area contributed by atoms with Gasteiger partial charge in [0.05, 0.1) is 5.75 Å². The lowest BCUT2D eigenvalue weighted by molar-refractivity contribution is 0.320. The van der Waals surface area contributed by atoms with E-state index in [1.165, 1.54) is 0 Å². The largest absolute Gasteiger partial charge is 0.492 e. The molecule has 1 aromatic rings. The summed E-state index contributed by atoms with van der Waals surface area (Å²) in [7, 11) is -3.13. The summed E-state index contributed by atoms with van der Waals surface area (Å²) in [5.74, 6) is 0.994. The molecule has 0 heterocycles. The van der Waals surface area contributed by atoms with Crippen LogP contribution in [0.25, 0.3) is 0 Å². The van der Waals surface area contributed by atoms with Gasteiger partial charge in [-0.15, -0.1) is 0 Å². The summed E-state index contributed by atoms with van der Waals surface area (Å²) in [5, 5.41) is 0. The Labute approximate surface area is 109 Å². The molecule has 0 aromatic heterocycles. The first kappa shape index (κ1) is 15.0. The van der Waals surface area contributed by atoms with E-state index in [4.69, 9.17) is 4.74 Å². The highest BCUT2D eigenvalue weighted by Gasteiger charge is 2.07. The number of sulfonamides is 1. The molecule has 1 N–H and O–H groups in total. The van der Waals surface area contributed by atoms with Crippen molar-refractivity contribution in [2.75, 3.05) is 18.9 Å². The minimum absolute atomic E-state index is 0.165. The number of rotatable bonds is 8. The normalized spacial score (nSPS) is 11.4. The summed E-state index contributed by atoms with van der Waals surface area (Å²) in [5.41, 5.74) is 1.13. The first-order valence-electron chi connectivity index (χ1n) is 6.27. The maximum absolute atomic E-state index is 11.4. The van der Waals surface area contributed by atoms with Crippen molar-refractivity contribution in [3.63, 3.8) is 0 Å². The van der Waals surface area contributed by atoms with Gasteiger partial charge < -0.3 is 4.74 Å². The number of aryl methyl sites for hydroxylation is 1. The minimum atomic E-state index is -3.13. The lowest BCUT2D eigenvalue weighted by Crippen LogP contribution is -2.30. The summed E-state index contributed by atoms with van der Waals surface area (Å²) >= 11 is 0. The standard InChI is InChI=1S/C13H21NO3S/c1-3-11-18(15,16)14-9-10-17-13-8-6-5-7-12(13)4-2/h5-8,14H,3-4,9-11H2,1-2H3. The summed E-state index contributed by atoms with van der Waals surface area (Å²) in [4.78, 5) is 0. The number of benzene rings is 1. The second kappa shape index (κ2) is 7.38. The van der Waals surface area contributed by atoms with E-state index in [2.05, 4.69) is 11.6 Å². The lowest BCUT2D eigenvalue weighted by atomic mass is 10.1. The molecule has 0 saturated heterocycles. The minimum Gasteiger partial charge on any atom is -0.492 e. The Morgan fingerprint density at radius 3 is 2.61 bits per heavy atom. The average molecular weight is 271 g/mol. The molecule has 0 fully saturated rings. The van der Waals surface area contributed by atoms with E-state index in [-0.39, 0.29) is 5.75 Å². The fourth-order valence-electron chi connectivity index (χ4n) is 1.64. The maximum Gasteiger partial charge on any atom is 0.211 e. The van der Waals surface area contributed by atoms with Crippen LogP contribution in [-0.2, 0) is 16.4 Å². The Bertz CT molecular complexity index is 457. The van der Waals surface area contributed by atoms with Crippen LogP contribution in [0.5, 0.6) is 5.75 Å². The Kier molecular flexibility index (Phi) is 6.15. The Morgan fingerprint density at radius 2 is 1.94 bits per heavy atom. The van der Waals surface area contributed by atoms with Gasteiger partial charge in [-0.2, -0.15) is 0 Å². The molecule has 18 heavy (non-hydrogen) atoms. The van der Waals surface area contributed by atoms with Crippen LogP contribution in [-0.4, -0.2) is 27.3 Å². The molecule has 0 aliphatic heterocycles. The van der Waals surface area contributed by atoms with E-state index in [0.717, 1.165) is 17.7 Å². The van der Waals surface area contributed by atoms with Gasteiger partial charge in [0.1, 0.15) is 12.4 Å². The highest BCUT2D eigenvalue weighted by atomic mass is 32.2. The molecular weight excluding hydrogens is 250 g/mol. The van der Waals surface area contributed by atoms with E-state index in [9.17, 15) is 8.42 Å². The predicted molar refractivity (Wildman–Crippen MR) is 73.4 cm³/mol. The van der Waals surface area contributed by atoms with Gasteiger partial charge in [-0.05, 0) is 24.5 Å². The molecule has 0 saturated carbocycles. The number of nitrogens with one attached hydrogen (secondary N) is 1. The molecule has 0 aliphatic rings. The number of para-hydroxylation sites is 1. The van der Waals surface area contributed by atoms with Gasteiger partial charge in [-0.25, -0.2) is 13.1 Å². The molecule has 0 radical (unpaired) electrons. The van der Waals surface area contributed by atoms with Crippen LogP contribution < -0.4 is 9.46 Å². The van der Waals surface area contributed by atoms with Crippen LogP contribution in [0, 0.1) is 0 Å². The van der Waals surface area contributed by atoms with Crippen LogP contribution in [0.1, 0.15) is 25.8 Å². The summed E-state index contributed by atoms with van der Waals surface area (Å²) in [6.07, 6.45) is 1.52. The molecule has 5 heteroatoms. The smallest absolute Gasteiger partial charge is 0.211 e. The van der Waals surface area contributed by atoms with Gasteiger partial charge in [0.25, 0.3) is 0 Å². The molecule has 0 aliphatic carbocycles. The van der Waals surface area contributed by atoms with Crippen molar-refractivity contribution in [1.29, 1.82) is 0 Å². The van der Waals surface area contributed by atoms with E-state index in [1.54, 1.807) is 0 Å². The van der Waals surface area contributed by atoms with Crippen molar-refractivity contribution in [1.82, 2.24) is 4.72 Å². The fourth-order valence-corrected chi connectivity index (χ4v) is 2.71. The van der Waals surface area contributed by atoms with Crippen molar-refractivity contribution in [2.24, 2.45) is 0 Å². The highest BCUT2D eigenvalue weighted by Crippen LogP contribution is 2.17. The zero-order chi connectivity index (χ0) is 13.4. The van der Waals surface area contributed by atoms with Gasteiger partial charge in [0.15, 0.2) is 0 Å². The van der Waals surface area contributed by atoms with E-state index in [0.29, 0.717) is 19.6 Å². The van der Waals surface area contributed by atoms with E-state index < -0.39 is 10.0 Å². The lowest BCUT2D eigenvalue weighted by Gasteiger charge is -2.10. The highest BCUT2D eigenvalue weighted by molar-refractivity contribution is 7.89. The van der Waals surface area contributed by atoms with Crippen LogP contribution in [0.2, 0.25) is 0 Å². The van der Waals surface area contributed by atoms with Crippen LogP contribution in [0.4, 0.5) is 0 Å². The fraction of sp³-hybridized carbons (Fsp3) is 0.538. The molecule has 1 aromatic carbocycles. The molecule has 0 amide bonds. The quantitative estimate of drug-likeness (QED) is 0.735. The second-order valence-electron chi connectivity index (χ2n) is 4.02. The molecule has 0 atom stereocenters. The van der Waals surface area contributed by atoms with Crippen molar-refractivity contribution in [3.8, 4) is 5.75 Å². The summed E-state index contributed by atoms with van der Waals surface area (Å²) in [6, 6.07) is 7.79. The van der Waals surface area contributed by atoms with Crippen LogP contribution >= 0.6 is 0 Å². The van der Waals surface area contributed by atoms with Crippen LogP contribution in [0.15, 0.2) is 24.3 Å². The Morgan fingerprint density at radius 1 is 1.22 bits per heavy atom. The summed E-state index contributed by atoms with van der Waals surface area (Å²) < 4.78 is 30.9. The number of hydrogen-bond donors (Lipinski definition) is 1. The first-order valence-corrected chi connectivity index (χ1v) is 7.92. The maximum atomic E-state index is 11.4. The third-order valence-corrected chi connectivity index (χ3v) is 4.10. The Balaban J connectivity index is 2.38. The van der Waals surface area contributed by atoms with Gasteiger partial charge in [0, 0.05) is 6.54 Å². The molecular formula is C13H21NO3S. The SMILES string of the molecule is CCCS(=O)(=O)NCCOc1ccccc1CC. The van der Waals surface area contributed by atoms with Gasteiger partial charge in [-0.3, -0.25) is 0 Å². The molecule has 102 valence electrons. The van der Waals surface area contributed by atoms with Crippen LogP contribution in [0.3, 0.4) is 0 Å². The van der Waals surface area contributed by atoms with Crippen molar-refractivity contribution >= 4 is 10.0 Å². The van der Waals surface area contributed by atoms with Crippen molar-refractivity contribution in [2.45, 2.75) is 26.7 Å². The molecule has 0 bridgehead atoms. The average Bonchev–Trinajstić information content (AvgIpc) is 2.35. The molecule has 0 spiro atoms.